The first-order valence-electron chi connectivity index (χ1n) is 7.58. The zero-order valence-corrected chi connectivity index (χ0v) is 12.9. The van der Waals surface area contributed by atoms with E-state index in [1.54, 1.807) is 0 Å². The van der Waals surface area contributed by atoms with Crippen LogP contribution in [0, 0.1) is 5.53 Å². The van der Waals surface area contributed by atoms with Crippen LogP contribution in [0.15, 0.2) is 65.4 Å². The summed E-state index contributed by atoms with van der Waals surface area (Å²) in [7, 11) is 0. The number of nitrogens with two attached hydrogens (primary N) is 1. The Labute approximate surface area is 134 Å². The number of nitrogens with one attached hydrogen (secondary N) is 1. The number of fused-ring (bicyclic) bond motifs is 3. The highest BCUT2D eigenvalue weighted by Gasteiger charge is 2.11. The van der Waals surface area contributed by atoms with Gasteiger partial charge in [0.2, 0.25) is 0 Å². The van der Waals surface area contributed by atoms with Crippen LogP contribution < -0.4 is 5.73 Å². The van der Waals surface area contributed by atoms with Gasteiger partial charge in [0, 0.05) is 33.9 Å². The first-order chi connectivity index (χ1) is 11.3. The summed E-state index contributed by atoms with van der Waals surface area (Å²) in [6.45, 7) is 4.74. The van der Waals surface area contributed by atoms with E-state index in [0.29, 0.717) is 0 Å². The minimum atomic E-state index is 0.255. The second kappa shape index (κ2) is 6.44. The van der Waals surface area contributed by atoms with Crippen LogP contribution in [-0.4, -0.2) is 10.4 Å². The zero-order chi connectivity index (χ0) is 16.2. The van der Waals surface area contributed by atoms with Crippen molar-refractivity contribution in [2.75, 3.05) is 0 Å². The van der Waals surface area contributed by atoms with Crippen molar-refractivity contribution in [3.63, 3.8) is 0 Å². The largest absolute Gasteiger partial charge is 0.382 e. The van der Waals surface area contributed by atoms with Crippen LogP contribution in [0.2, 0.25) is 0 Å². The number of unbranched alkanes of at least 4 members (excludes halogenated alkanes) is 1. The topological polar surface area (TPSA) is 79.5 Å². The molecule has 3 aromatic rings. The number of allylic oxidation sites excluding steroid dienone is 1. The molecule has 0 aliphatic rings. The minimum Gasteiger partial charge on any atom is -0.382 e. The van der Waals surface area contributed by atoms with Gasteiger partial charge in [-0.3, -0.25) is 0 Å². The monoisotopic (exact) mass is 305 g/mol. The molecule has 5 heteroatoms. The number of para-hydroxylation sites is 1. The molecule has 3 rings (SSSR count). The second-order valence-corrected chi connectivity index (χ2v) is 5.42. The molecule has 1 aromatic heterocycles. The van der Waals surface area contributed by atoms with Crippen LogP contribution in [0.25, 0.3) is 21.8 Å². The van der Waals surface area contributed by atoms with Crippen LogP contribution in [0.1, 0.15) is 18.4 Å². The summed E-state index contributed by atoms with van der Waals surface area (Å²) in [5, 5.41) is 8.96. The number of hydrogen-bond acceptors (Lipinski definition) is 2. The third-order valence-electron chi connectivity index (χ3n) is 4.02. The van der Waals surface area contributed by atoms with Gasteiger partial charge in [0.25, 0.3) is 0 Å². The third-order valence-corrected chi connectivity index (χ3v) is 4.02. The van der Waals surface area contributed by atoms with Crippen LogP contribution in [0.3, 0.4) is 0 Å². The van der Waals surface area contributed by atoms with E-state index in [0.717, 1.165) is 30.3 Å². The van der Waals surface area contributed by atoms with Crippen LogP contribution in [0.4, 0.5) is 0 Å². The maximum atomic E-state index is 6.82. The van der Waals surface area contributed by atoms with Gasteiger partial charge in [0.1, 0.15) is 0 Å². The van der Waals surface area contributed by atoms with Crippen molar-refractivity contribution in [3.8, 4) is 0 Å². The zero-order valence-electron chi connectivity index (χ0n) is 12.9. The molecule has 116 valence electrons. The lowest BCUT2D eigenvalue weighted by Crippen LogP contribution is -2.12. The van der Waals surface area contributed by atoms with Gasteiger partial charge in [-0.15, -0.1) is 11.7 Å². The summed E-state index contributed by atoms with van der Waals surface area (Å²) < 4.78 is 2.33. The molecule has 23 heavy (non-hydrogen) atoms. The van der Waals surface area contributed by atoms with E-state index in [-0.39, 0.29) is 5.84 Å². The molecule has 0 fully saturated rings. The fourth-order valence-corrected chi connectivity index (χ4v) is 2.96. The molecule has 0 saturated carbocycles. The molecule has 1 heterocycles. The summed E-state index contributed by atoms with van der Waals surface area (Å²) in [4.78, 5) is 0. The predicted octanol–water partition coefficient (Wildman–Crippen LogP) is 4.41. The molecule has 0 bridgehead atoms. The van der Waals surface area contributed by atoms with Crippen molar-refractivity contribution in [1.82, 2.24) is 4.57 Å². The molecular weight excluding hydrogens is 286 g/mol. The van der Waals surface area contributed by atoms with Crippen LogP contribution >= 0.6 is 0 Å². The van der Waals surface area contributed by atoms with E-state index in [1.165, 1.54) is 16.4 Å². The fourth-order valence-electron chi connectivity index (χ4n) is 2.96. The van der Waals surface area contributed by atoms with Crippen molar-refractivity contribution in [1.29, 1.82) is 5.53 Å². The molecule has 0 atom stereocenters. The third kappa shape index (κ3) is 2.73. The van der Waals surface area contributed by atoms with Crippen molar-refractivity contribution in [2.24, 2.45) is 16.1 Å². The average Bonchev–Trinajstić information content (AvgIpc) is 2.89. The van der Waals surface area contributed by atoms with Gasteiger partial charge in [0.15, 0.2) is 5.84 Å². The van der Waals surface area contributed by atoms with E-state index in [9.17, 15) is 0 Å². The predicted molar refractivity (Wildman–Crippen MR) is 94.7 cm³/mol. The van der Waals surface area contributed by atoms with Gasteiger partial charge in [-0.2, -0.15) is 5.53 Å². The standard InChI is InChI=1S/C18H19N5/c1-2-3-6-11-23-16-8-5-4-7-14(16)15-12-13(9-10-17(15)23)18(19)21-22-20/h2,4-5,7-10,12H,1,3,6,11H2,(H3,19,20,21). The summed E-state index contributed by atoms with van der Waals surface area (Å²) in [5.41, 5.74) is 15.9. The van der Waals surface area contributed by atoms with Gasteiger partial charge in [0.05, 0.1) is 0 Å². The maximum Gasteiger partial charge on any atom is 0.155 e. The van der Waals surface area contributed by atoms with Gasteiger partial charge in [-0.25, -0.2) is 0 Å². The molecule has 3 N–H and O–H groups in total. The molecule has 0 unspecified atom stereocenters. The fraction of sp³-hybridized carbons (Fsp3) is 0.167. The number of hydrogen-bond donors (Lipinski definition) is 2. The Morgan fingerprint density at radius 1 is 1.17 bits per heavy atom. The van der Waals surface area contributed by atoms with Gasteiger partial charge < -0.3 is 10.3 Å². The Bertz CT molecular complexity index is 904. The molecular formula is C18H19N5. The first-order valence-corrected chi connectivity index (χ1v) is 7.58. The number of rotatable bonds is 6. The van der Waals surface area contributed by atoms with Crippen molar-refractivity contribution >= 4 is 27.6 Å². The lowest BCUT2D eigenvalue weighted by atomic mass is 10.1. The second-order valence-electron chi connectivity index (χ2n) is 5.42. The summed E-state index contributed by atoms with van der Waals surface area (Å²) in [5.74, 6) is 0.255. The molecule has 2 aromatic carbocycles. The Balaban J connectivity index is 2.20. The van der Waals surface area contributed by atoms with E-state index >= 15 is 0 Å². The summed E-state index contributed by atoms with van der Waals surface area (Å²) in [6, 6.07) is 14.4. The van der Waals surface area contributed by atoms with Crippen LogP contribution in [0.5, 0.6) is 0 Å². The Kier molecular flexibility index (Phi) is 4.19. The maximum absolute atomic E-state index is 6.82. The number of amidine groups is 1. The molecule has 0 spiro atoms. The van der Waals surface area contributed by atoms with Crippen molar-refractivity contribution in [2.45, 2.75) is 19.4 Å². The Morgan fingerprint density at radius 3 is 2.74 bits per heavy atom. The smallest absolute Gasteiger partial charge is 0.155 e. The van der Waals surface area contributed by atoms with Crippen molar-refractivity contribution < 1.29 is 0 Å². The summed E-state index contributed by atoms with van der Waals surface area (Å²) in [6.07, 6.45) is 4.00. The molecule has 0 radical (unpaired) electrons. The lowest BCUT2D eigenvalue weighted by molar-refractivity contribution is 0.688. The highest BCUT2D eigenvalue weighted by atomic mass is 15.3. The highest BCUT2D eigenvalue weighted by Crippen LogP contribution is 2.30. The molecule has 5 nitrogen and oxygen atoms in total. The molecule has 0 aliphatic carbocycles. The number of aromatic nitrogens is 1. The first kappa shape index (κ1) is 15.0. The molecule has 0 saturated heterocycles. The van der Waals surface area contributed by atoms with E-state index < -0.39 is 0 Å². The van der Waals surface area contributed by atoms with Gasteiger partial charge in [-0.1, -0.05) is 29.5 Å². The van der Waals surface area contributed by atoms with Crippen LogP contribution in [-0.2, 0) is 6.54 Å². The number of nitrogens with zero attached hydrogens (tertiary/aromatic N) is 3. The molecule has 0 amide bonds. The lowest BCUT2D eigenvalue weighted by Gasteiger charge is -2.06. The number of benzene rings is 2. The van der Waals surface area contributed by atoms with E-state index in [4.69, 9.17) is 11.3 Å². The minimum absolute atomic E-state index is 0.255. The molecule has 0 aliphatic heterocycles. The Hall–Kier alpha value is -2.95. The van der Waals surface area contributed by atoms with Gasteiger partial charge >= 0.3 is 0 Å². The van der Waals surface area contributed by atoms with Crippen molar-refractivity contribution in [3.05, 3.63) is 60.7 Å². The number of aryl methyl sites for hydroxylation is 1. The SMILES string of the molecule is C=CCCCn1c2ccccc2c2cc(C(N)=NN=N)ccc21. The summed E-state index contributed by atoms with van der Waals surface area (Å²) >= 11 is 0. The quantitative estimate of drug-likeness (QED) is 0.173. The van der Waals surface area contributed by atoms with Gasteiger partial charge in [-0.05, 0) is 37.1 Å². The highest BCUT2D eigenvalue weighted by molar-refractivity contribution is 6.11. The van der Waals surface area contributed by atoms with E-state index in [1.807, 2.05) is 24.3 Å². The average molecular weight is 305 g/mol. The normalized spacial score (nSPS) is 11.9. The Morgan fingerprint density at radius 2 is 1.96 bits per heavy atom. The van der Waals surface area contributed by atoms with E-state index in [2.05, 4.69) is 45.7 Å².